The van der Waals surface area contributed by atoms with E-state index in [1.54, 1.807) is 7.05 Å². The van der Waals surface area contributed by atoms with Gasteiger partial charge < -0.3 is 15.4 Å². The molecule has 6 nitrogen and oxygen atoms in total. The average Bonchev–Trinajstić information content (AvgIpc) is 2.98. The molecule has 0 aliphatic carbocycles. The van der Waals surface area contributed by atoms with Gasteiger partial charge in [0, 0.05) is 39.2 Å². The summed E-state index contributed by atoms with van der Waals surface area (Å²) in [5.41, 5.74) is 0. The van der Waals surface area contributed by atoms with Crippen LogP contribution in [0.2, 0.25) is 0 Å². The van der Waals surface area contributed by atoms with E-state index in [1.807, 2.05) is 0 Å². The summed E-state index contributed by atoms with van der Waals surface area (Å²) in [7, 11) is 1.63. The number of hydrogen-bond donors (Lipinski definition) is 2. The van der Waals surface area contributed by atoms with Gasteiger partial charge in [-0.3, -0.25) is 9.56 Å². The van der Waals surface area contributed by atoms with Gasteiger partial charge in [-0.1, -0.05) is 13.3 Å². The molecule has 0 unspecified atom stereocenters. The summed E-state index contributed by atoms with van der Waals surface area (Å²) in [5, 5.41) is 6.07. The third-order valence-electron chi connectivity index (χ3n) is 3.00. The maximum Gasteiger partial charge on any atom is 0.319 e. The van der Waals surface area contributed by atoms with Crippen molar-refractivity contribution in [2.24, 2.45) is 4.99 Å². The highest BCUT2D eigenvalue weighted by Crippen LogP contribution is 2.11. The van der Waals surface area contributed by atoms with E-state index in [4.69, 9.17) is 4.74 Å². The Morgan fingerprint density at radius 3 is 2.74 bits per heavy atom. The highest BCUT2D eigenvalue weighted by Gasteiger charge is 2.11. The van der Waals surface area contributed by atoms with Crippen LogP contribution in [0.1, 0.15) is 38.6 Å². The van der Waals surface area contributed by atoms with Crippen molar-refractivity contribution in [2.75, 3.05) is 26.8 Å². The van der Waals surface area contributed by atoms with E-state index in [0.717, 1.165) is 30.4 Å². The molecule has 0 saturated heterocycles. The lowest BCUT2D eigenvalue weighted by Gasteiger charge is -2.12. The molecule has 0 aliphatic heterocycles. The lowest BCUT2D eigenvalue weighted by atomic mass is 10.4. The standard InChI is InChI=1S/C14H25F2N5O.HI/c1-3-4-9-22-10-5-6-19-14(17-2)20-11-12-18-7-8-21(12)13(15)16;/h7-8,13H,3-6,9-11H2,1-2H3,(H2,17,19,20);1H. The summed E-state index contributed by atoms with van der Waals surface area (Å²) >= 11 is 0. The van der Waals surface area contributed by atoms with Crippen molar-refractivity contribution in [1.82, 2.24) is 20.2 Å². The molecule has 0 spiro atoms. The Hall–Kier alpha value is -0.970. The first-order valence-electron chi connectivity index (χ1n) is 7.51. The highest BCUT2D eigenvalue weighted by molar-refractivity contribution is 14.0. The van der Waals surface area contributed by atoms with Crippen molar-refractivity contribution in [3.8, 4) is 0 Å². The molecule has 2 N–H and O–H groups in total. The molecule has 0 saturated carbocycles. The van der Waals surface area contributed by atoms with Crippen LogP contribution >= 0.6 is 24.0 Å². The van der Waals surface area contributed by atoms with Gasteiger partial charge >= 0.3 is 6.55 Å². The van der Waals surface area contributed by atoms with E-state index in [1.165, 1.54) is 12.4 Å². The predicted octanol–water partition coefficient (Wildman–Crippen LogP) is 2.77. The SMILES string of the molecule is CCCCOCCCNC(=NC)NCc1nccn1C(F)F.I. The van der Waals surface area contributed by atoms with E-state index in [2.05, 4.69) is 27.5 Å². The topological polar surface area (TPSA) is 63.5 Å². The van der Waals surface area contributed by atoms with Gasteiger partial charge in [0.25, 0.3) is 0 Å². The van der Waals surface area contributed by atoms with Gasteiger partial charge in [-0.25, -0.2) is 4.98 Å². The minimum absolute atomic E-state index is 0. The molecule has 0 aromatic carbocycles. The number of nitrogens with one attached hydrogen (secondary N) is 2. The first kappa shape index (κ1) is 22.0. The van der Waals surface area contributed by atoms with Gasteiger partial charge in [0.2, 0.25) is 0 Å². The number of rotatable bonds is 10. The van der Waals surface area contributed by atoms with E-state index in [9.17, 15) is 8.78 Å². The van der Waals surface area contributed by atoms with Crippen LogP contribution in [0.15, 0.2) is 17.4 Å². The Bertz CT molecular complexity index is 443. The molecule has 23 heavy (non-hydrogen) atoms. The quantitative estimate of drug-likeness (QED) is 0.252. The molecule has 1 aromatic rings. The molecular formula is C14H26F2IN5O. The lowest BCUT2D eigenvalue weighted by molar-refractivity contribution is 0.0668. The maximum absolute atomic E-state index is 12.7. The minimum atomic E-state index is -2.59. The summed E-state index contributed by atoms with van der Waals surface area (Å²) in [4.78, 5) is 7.94. The second-order valence-electron chi connectivity index (χ2n) is 4.70. The molecule has 1 rings (SSSR count). The molecule has 1 aromatic heterocycles. The Morgan fingerprint density at radius 2 is 2.09 bits per heavy atom. The number of nitrogens with zero attached hydrogens (tertiary/aromatic N) is 3. The number of hydrogen-bond acceptors (Lipinski definition) is 3. The number of unbranched alkanes of at least 4 members (excludes halogenated alkanes) is 1. The zero-order valence-corrected chi connectivity index (χ0v) is 15.9. The Morgan fingerprint density at radius 1 is 1.35 bits per heavy atom. The normalized spacial score (nSPS) is 11.4. The molecular weight excluding hydrogens is 419 g/mol. The Labute approximate surface area is 153 Å². The number of halogens is 3. The van der Waals surface area contributed by atoms with Crippen LogP contribution in [0.25, 0.3) is 0 Å². The third kappa shape index (κ3) is 9.04. The zero-order chi connectivity index (χ0) is 16.2. The Kier molecular flexibility index (Phi) is 12.9. The van der Waals surface area contributed by atoms with Crippen LogP contribution in [0.3, 0.4) is 0 Å². The third-order valence-corrected chi connectivity index (χ3v) is 3.00. The van der Waals surface area contributed by atoms with Crippen LogP contribution in [0.5, 0.6) is 0 Å². The second kappa shape index (κ2) is 13.5. The molecule has 0 amide bonds. The van der Waals surface area contributed by atoms with Gasteiger partial charge in [-0.05, 0) is 12.8 Å². The Balaban J connectivity index is 0.00000484. The number of ether oxygens (including phenoxy) is 1. The summed E-state index contributed by atoms with van der Waals surface area (Å²) in [5.74, 6) is 0.818. The van der Waals surface area contributed by atoms with E-state index in [-0.39, 0.29) is 36.3 Å². The minimum Gasteiger partial charge on any atom is -0.381 e. The van der Waals surface area contributed by atoms with Gasteiger partial charge in [0.15, 0.2) is 5.96 Å². The summed E-state index contributed by atoms with van der Waals surface area (Å²) < 4.78 is 31.6. The molecule has 0 fully saturated rings. The average molecular weight is 445 g/mol. The van der Waals surface area contributed by atoms with Crippen molar-refractivity contribution in [2.45, 2.75) is 39.3 Å². The fourth-order valence-electron chi connectivity index (χ4n) is 1.77. The monoisotopic (exact) mass is 445 g/mol. The summed E-state index contributed by atoms with van der Waals surface area (Å²) in [6.07, 6.45) is 5.67. The smallest absolute Gasteiger partial charge is 0.319 e. The van der Waals surface area contributed by atoms with Crippen LogP contribution < -0.4 is 10.6 Å². The maximum atomic E-state index is 12.7. The van der Waals surface area contributed by atoms with Gasteiger partial charge in [0.05, 0.1) is 6.54 Å². The van der Waals surface area contributed by atoms with E-state index in [0.29, 0.717) is 19.1 Å². The van der Waals surface area contributed by atoms with Crippen LogP contribution in [0.4, 0.5) is 8.78 Å². The van der Waals surface area contributed by atoms with Crippen molar-refractivity contribution in [1.29, 1.82) is 0 Å². The first-order valence-corrected chi connectivity index (χ1v) is 7.51. The highest BCUT2D eigenvalue weighted by atomic mass is 127. The summed E-state index contributed by atoms with van der Waals surface area (Å²) in [6.45, 7) is 1.91. The number of aliphatic imine (C=N–C) groups is 1. The van der Waals surface area contributed by atoms with Crippen molar-refractivity contribution >= 4 is 29.9 Å². The predicted molar refractivity (Wildman–Crippen MR) is 97.4 cm³/mol. The molecule has 1 heterocycles. The number of alkyl halides is 2. The molecule has 9 heteroatoms. The van der Waals surface area contributed by atoms with Crippen molar-refractivity contribution in [3.05, 3.63) is 18.2 Å². The number of imidazole rings is 1. The van der Waals surface area contributed by atoms with Gasteiger partial charge in [-0.2, -0.15) is 8.78 Å². The van der Waals surface area contributed by atoms with Crippen molar-refractivity contribution < 1.29 is 13.5 Å². The van der Waals surface area contributed by atoms with Crippen molar-refractivity contribution in [3.63, 3.8) is 0 Å². The lowest BCUT2D eigenvalue weighted by Crippen LogP contribution is -2.38. The fraction of sp³-hybridized carbons (Fsp3) is 0.714. The molecule has 0 atom stereocenters. The molecule has 0 bridgehead atoms. The van der Waals surface area contributed by atoms with Gasteiger partial charge in [-0.15, -0.1) is 24.0 Å². The van der Waals surface area contributed by atoms with E-state index < -0.39 is 6.55 Å². The largest absolute Gasteiger partial charge is 0.381 e. The van der Waals surface area contributed by atoms with E-state index >= 15 is 0 Å². The van der Waals surface area contributed by atoms with Gasteiger partial charge in [0.1, 0.15) is 5.82 Å². The molecule has 0 radical (unpaired) electrons. The first-order chi connectivity index (χ1) is 10.7. The van der Waals surface area contributed by atoms with Crippen LogP contribution in [-0.4, -0.2) is 42.3 Å². The molecule has 0 aliphatic rings. The van der Waals surface area contributed by atoms with Crippen LogP contribution in [-0.2, 0) is 11.3 Å². The van der Waals surface area contributed by atoms with Crippen LogP contribution in [0, 0.1) is 0 Å². The number of guanidine groups is 1. The summed E-state index contributed by atoms with van der Waals surface area (Å²) in [6, 6.07) is 0. The molecule has 134 valence electrons. The second-order valence-corrected chi connectivity index (χ2v) is 4.70. The zero-order valence-electron chi connectivity index (χ0n) is 13.6. The number of aromatic nitrogens is 2. The fourth-order valence-corrected chi connectivity index (χ4v) is 1.77.